The second-order valence-corrected chi connectivity index (χ2v) is 5.17. The number of ether oxygens (including phenoxy) is 2. The molecule has 0 radical (unpaired) electrons. The van der Waals surface area contributed by atoms with E-state index in [-0.39, 0.29) is 29.5 Å². The number of halogens is 1. The Bertz CT molecular complexity index is 430. The molecule has 0 amide bonds. The maximum atomic E-state index is 5.88. The number of anilines is 1. The Hall–Kier alpha value is -1.14. The topological polar surface area (TPSA) is 69.2 Å². The van der Waals surface area contributed by atoms with Crippen LogP contribution in [0.3, 0.4) is 0 Å². The second kappa shape index (κ2) is 6.34. The fourth-order valence-corrected chi connectivity index (χ4v) is 2.35. The average molecular weight is 287 g/mol. The van der Waals surface area contributed by atoms with Gasteiger partial charge in [0, 0.05) is 7.11 Å². The van der Waals surface area contributed by atoms with Crippen molar-refractivity contribution < 1.29 is 9.47 Å². The van der Waals surface area contributed by atoms with Crippen molar-refractivity contribution in [1.82, 2.24) is 15.0 Å². The molecule has 1 aromatic heterocycles. The Morgan fingerprint density at radius 2 is 2.05 bits per heavy atom. The third-order valence-electron chi connectivity index (χ3n) is 3.00. The van der Waals surface area contributed by atoms with E-state index in [4.69, 9.17) is 21.1 Å². The van der Waals surface area contributed by atoms with E-state index in [2.05, 4.69) is 20.3 Å². The molecular weight excluding hydrogens is 268 g/mol. The number of nitrogens with one attached hydrogen (secondary N) is 1. The third-order valence-corrected chi connectivity index (χ3v) is 3.17. The van der Waals surface area contributed by atoms with Crippen LogP contribution in [-0.2, 0) is 4.74 Å². The first kappa shape index (κ1) is 14.3. The highest BCUT2D eigenvalue weighted by Crippen LogP contribution is 2.24. The zero-order chi connectivity index (χ0) is 13.8. The molecule has 1 aliphatic carbocycles. The highest BCUT2D eigenvalue weighted by atomic mass is 35.5. The summed E-state index contributed by atoms with van der Waals surface area (Å²) < 4.78 is 10.9. The van der Waals surface area contributed by atoms with Crippen LogP contribution in [0.15, 0.2) is 0 Å². The second-order valence-electron chi connectivity index (χ2n) is 4.83. The quantitative estimate of drug-likeness (QED) is 0.896. The van der Waals surface area contributed by atoms with Crippen molar-refractivity contribution in [3.8, 4) is 6.01 Å². The number of nitrogens with zero attached hydrogens (tertiary/aromatic N) is 3. The van der Waals surface area contributed by atoms with Gasteiger partial charge < -0.3 is 14.8 Å². The lowest BCUT2D eigenvalue weighted by Gasteiger charge is -2.19. The molecule has 1 aliphatic rings. The summed E-state index contributed by atoms with van der Waals surface area (Å²) in [6.07, 6.45) is 3.38. The molecule has 19 heavy (non-hydrogen) atoms. The highest BCUT2D eigenvalue weighted by Gasteiger charge is 2.27. The summed E-state index contributed by atoms with van der Waals surface area (Å²) in [6, 6.07) is 0.444. The first-order valence-corrected chi connectivity index (χ1v) is 6.84. The van der Waals surface area contributed by atoms with Gasteiger partial charge in [-0.25, -0.2) is 0 Å². The molecule has 0 bridgehead atoms. The molecular formula is C12H19ClN4O2. The summed E-state index contributed by atoms with van der Waals surface area (Å²) in [5.74, 6) is 0.435. The highest BCUT2D eigenvalue weighted by molar-refractivity contribution is 6.28. The number of hydrogen-bond donors (Lipinski definition) is 1. The van der Waals surface area contributed by atoms with Crippen LogP contribution in [0.1, 0.15) is 33.1 Å². The minimum absolute atomic E-state index is 0.00970. The van der Waals surface area contributed by atoms with Crippen molar-refractivity contribution in [1.29, 1.82) is 0 Å². The van der Waals surface area contributed by atoms with Crippen LogP contribution in [0.5, 0.6) is 6.01 Å². The Balaban J connectivity index is 2.09. The van der Waals surface area contributed by atoms with Crippen LogP contribution in [-0.4, -0.2) is 40.3 Å². The first-order valence-electron chi connectivity index (χ1n) is 6.46. The van der Waals surface area contributed by atoms with Gasteiger partial charge in [-0.15, -0.1) is 0 Å². The maximum Gasteiger partial charge on any atom is 0.322 e. The molecule has 1 saturated carbocycles. The zero-order valence-corrected chi connectivity index (χ0v) is 12.1. The number of rotatable bonds is 5. The molecule has 1 aromatic rings. The van der Waals surface area contributed by atoms with Crippen LogP contribution >= 0.6 is 11.6 Å². The van der Waals surface area contributed by atoms with Crippen molar-refractivity contribution in [2.45, 2.75) is 51.4 Å². The Kier molecular flexibility index (Phi) is 4.76. The normalized spacial score (nSPS) is 22.8. The van der Waals surface area contributed by atoms with Crippen molar-refractivity contribution >= 4 is 17.5 Å². The molecule has 2 unspecified atom stereocenters. The molecule has 2 rings (SSSR count). The largest absolute Gasteiger partial charge is 0.461 e. The van der Waals surface area contributed by atoms with E-state index in [1.165, 1.54) is 0 Å². The van der Waals surface area contributed by atoms with Crippen molar-refractivity contribution in [3.63, 3.8) is 0 Å². The molecule has 1 N–H and O–H groups in total. The molecule has 106 valence electrons. The van der Waals surface area contributed by atoms with E-state index in [9.17, 15) is 0 Å². The Morgan fingerprint density at radius 1 is 1.26 bits per heavy atom. The van der Waals surface area contributed by atoms with Gasteiger partial charge in [0.2, 0.25) is 11.2 Å². The summed E-state index contributed by atoms with van der Waals surface area (Å²) in [4.78, 5) is 12.2. The van der Waals surface area contributed by atoms with Crippen molar-refractivity contribution in [2.75, 3.05) is 12.4 Å². The summed E-state index contributed by atoms with van der Waals surface area (Å²) >= 11 is 5.88. The molecule has 7 heteroatoms. The minimum atomic E-state index is -0.00970. The number of methoxy groups -OCH3 is 1. The van der Waals surface area contributed by atoms with Crippen LogP contribution in [0.25, 0.3) is 0 Å². The van der Waals surface area contributed by atoms with Crippen molar-refractivity contribution in [2.24, 2.45) is 0 Å². The van der Waals surface area contributed by atoms with E-state index < -0.39 is 0 Å². The fraction of sp³-hybridized carbons (Fsp3) is 0.750. The van der Waals surface area contributed by atoms with Gasteiger partial charge in [0.15, 0.2) is 0 Å². The van der Waals surface area contributed by atoms with Gasteiger partial charge in [0.05, 0.1) is 18.2 Å². The van der Waals surface area contributed by atoms with Gasteiger partial charge in [0.25, 0.3) is 0 Å². The summed E-state index contributed by atoms with van der Waals surface area (Å²) in [5, 5.41) is 3.37. The minimum Gasteiger partial charge on any atom is -0.461 e. The Labute approximate surface area is 117 Å². The van der Waals surface area contributed by atoms with Gasteiger partial charge in [-0.2, -0.15) is 15.0 Å². The monoisotopic (exact) mass is 286 g/mol. The lowest BCUT2D eigenvalue weighted by molar-refractivity contribution is 0.101. The molecule has 0 spiro atoms. The van der Waals surface area contributed by atoms with Crippen LogP contribution < -0.4 is 10.1 Å². The molecule has 0 saturated heterocycles. The van der Waals surface area contributed by atoms with Gasteiger partial charge in [-0.1, -0.05) is 0 Å². The predicted octanol–water partition coefficient (Wildman–Crippen LogP) is 2.29. The number of aromatic nitrogens is 3. The van der Waals surface area contributed by atoms with E-state index in [1.807, 2.05) is 13.8 Å². The predicted molar refractivity (Wildman–Crippen MR) is 72.7 cm³/mol. The van der Waals surface area contributed by atoms with Gasteiger partial charge in [-0.05, 0) is 44.7 Å². The van der Waals surface area contributed by atoms with Gasteiger partial charge in [0.1, 0.15) is 0 Å². The zero-order valence-electron chi connectivity index (χ0n) is 11.4. The molecule has 2 atom stereocenters. The molecule has 0 aromatic carbocycles. The van der Waals surface area contributed by atoms with Gasteiger partial charge >= 0.3 is 6.01 Å². The SMILES string of the molecule is COC1CCCC1Nc1nc(Cl)nc(OC(C)C)n1. The number of hydrogen-bond acceptors (Lipinski definition) is 6. The standard InChI is InChI=1S/C12H19ClN4O2/c1-7(2)19-12-16-10(13)15-11(17-12)14-8-5-4-6-9(8)18-3/h7-9H,4-6H2,1-3H3,(H,14,15,16,17). The molecule has 6 nitrogen and oxygen atoms in total. The van der Waals surface area contributed by atoms with Crippen LogP contribution in [0.4, 0.5) is 5.95 Å². The molecule has 1 fully saturated rings. The molecule has 1 heterocycles. The average Bonchev–Trinajstić information content (AvgIpc) is 2.74. The van der Waals surface area contributed by atoms with Crippen LogP contribution in [0.2, 0.25) is 5.28 Å². The summed E-state index contributed by atoms with van der Waals surface area (Å²) in [5.41, 5.74) is 0. The molecule has 0 aliphatic heterocycles. The lowest BCUT2D eigenvalue weighted by Crippen LogP contribution is -2.30. The maximum absolute atomic E-state index is 5.88. The fourth-order valence-electron chi connectivity index (χ4n) is 2.20. The van der Waals surface area contributed by atoms with E-state index in [0.29, 0.717) is 5.95 Å². The van der Waals surface area contributed by atoms with Crippen molar-refractivity contribution in [3.05, 3.63) is 5.28 Å². The summed E-state index contributed by atoms with van der Waals surface area (Å²) in [7, 11) is 1.72. The first-order chi connectivity index (χ1) is 9.08. The van der Waals surface area contributed by atoms with E-state index in [0.717, 1.165) is 19.3 Å². The third kappa shape index (κ3) is 3.91. The van der Waals surface area contributed by atoms with Gasteiger partial charge in [-0.3, -0.25) is 0 Å². The Morgan fingerprint density at radius 3 is 2.74 bits per heavy atom. The smallest absolute Gasteiger partial charge is 0.322 e. The lowest BCUT2D eigenvalue weighted by atomic mass is 10.2. The van der Waals surface area contributed by atoms with E-state index >= 15 is 0 Å². The van der Waals surface area contributed by atoms with E-state index in [1.54, 1.807) is 7.11 Å². The van der Waals surface area contributed by atoms with Crippen LogP contribution in [0, 0.1) is 0 Å². The summed E-state index contributed by atoms with van der Waals surface area (Å²) in [6.45, 7) is 3.81.